The van der Waals surface area contributed by atoms with Gasteiger partial charge in [-0.1, -0.05) is 42.5 Å². The lowest BCUT2D eigenvalue weighted by Gasteiger charge is -2.14. The van der Waals surface area contributed by atoms with Crippen LogP contribution in [0.5, 0.6) is 5.75 Å². The number of benzene rings is 3. The molecule has 0 atom stereocenters. The summed E-state index contributed by atoms with van der Waals surface area (Å²) in [5.41, 5.74) is 11.9. The van der Waals surface area contributed by atoms with Gasteiger partial charge in [0.15, 0.2) is 0 Å². The van der Waals surface area contributed by atoms with Crippen LogP contribution >= 0.6 is 0 Å². The van der Waals surface area contributed by atoms with Crippen molar-refractivity contribution >= 4 is 5.91 Å². The van der Waals surface area contributed by atoms with E-state index in [0.717, 1.165) is 30.5 Å². The Hall–Kier alpha value is -3.11. The number of carbonyl (C=O) groups excluding carboxylic acids is 1. The average molecular weight is 372 g/mol. The summed E-state index contributed by atoms with van der Waals surface area (Å²) >= 11 is 0. The number of carbonyl (C=O) groups is 1. The molecule has 1 aliphatic rings. The molecule has 1 amide bonds. The zero-order chi connectivity index (χ0) is 19.5. The maximum absolute atomic E-state index is 11.4. The van der Waals surface area contributed by atoms with Crippen LogP contribution in [0.1, 0.15) is 27.0 Å². The van der Waals surface area contributed by atoms with E-state index < -0.39 is 5.91 Å². The number of nitrogens with one attached hydrogen (secondary N) is 1. The number of ether oxygens (including phenoxy) is 1. The molecule has 142 valence electrons. The van der Waals surface area contributed by atoms with Gasteiger partial charge >= 0.3 is 0 Å². The standard InChI is InChI=1S/C24H24N2O2/c1-28-23-14-20(24(25)27)9-10-22(23)19-8-4-5-16(11-19)15-26-21-12-17-6-2-3-7-18(17)13-21/h2-11,14,21,26H,12-13,15H2,1H3,(H2,25,27). The van der Waals surface area contributed by atoms with Gasteiger partial charge < -0.3 is 15.8 Å². The normalized spacial score (nSPS) is 13.3. The molecule has 0 spiro atoms. The number of hydrogen-bond donors (Lipinski definition) is 2. The first kappa shape index (κ1) is 18.3. The van der Waals surface area contributed by atoms with Crippen LogP contribution in [0.2, 0.25) is 0 Å². The third-order valence-electron chi connectivity index (χ3n) is 5.37. The fraction of sp³-hybridized carbons (Fsp3) is 0.208. The Morgan fingerprint density at radius 3 is 2.46 bits per heavy atom. The number of hydrogen-bond acceptors (Lipinski definition) is 3. The van der Waals surface area contributed by atoms with Gasteiger partial charge in [-0.05, 0) is 59.4 Å². The highest BCUT2D eigenvalue weighted by atomic mass is 16.5. The van der Waals surface area contributed by atoms with Crippen molar-refractivity contribution in [3.8, 4) is 16.9 Å². The van der Waals surface area contributed by atoms with Gasteiger partial charge in [0, 0.05) is 23.7 Å². The monoisotopic (exact) mass is 372 g/mol. The SMILES string of the molecule is COc1cc(C(N)=O)ccc1-c1cccc(CNC2Cc3ccccc3C2)c1. The van der Waals surface area contributed by atoms with Crippen molar-refractivity contribution < 1.29 is 9.53 Å². The minimum absolute atomic E-state index is 0.444. The van der Waals surface area contributed by atoms with Crippen LogP contribution in [0, 0.1) is 0 Å². The molecule has 1 aliphatic carbocycles. The van der Waals surface area contributed by atoms with Gasteiger partial charge in [-0.2, -0.15) is 0 Å². The molecule has 0 aliphatic heterocycles. The van der Waals surface area contributed by atoms with E-state index in [1.54, 1.807) is 19.2 Å². The Balaban J connectivity index is 1.49. The van der Waals surface area contributed by atoms with Gasteiger partial charge in [0.25, 0.3) is 0 Å². The second-order valence-corrected chi connectivity index (χ2v) is 7.23. The van der Waals surface area contributed by atoms with E-state index in [2.05, 4.69) is 53.8 Å². The number of amides is 1. The third-order valence-corrected chi connectivity index (χ3v) is 5.37. The molecule has 0 saturated carbocycles. The summed E-state index contributed by atoms with van der Waals surface area (Å²) in [5.74, 6) is 0.188. The minimum atomic E-state index is -0.458. The first-order chi connectivity index (χ1) is 13.6. The highest BCUT2D eigenvalue weighted by Crippen LogP contribution is 2.31. The summed E-state index contributed by atoms with van der Waals surface area (Å²) in [6.07, 6.45) is 2.16. The lowest BCUT2D eigenvalue weighted by Crippen LogP contribution is -2.28. The van der Waals surface area contributed by atoms with Gasteiger partial charge in [0.2, 0.25) is 5.91 Å². The van der Waals surface area contributed by atoms with Crippen molar-refractivity contribution in [3.05, 3.63) is 89.0 Å². The van der Waals surface area contributed by atoms with Gasteiger partial charge in [0.05, 0.1) is 7.11 Å². The second kappa shape index (κ2) is 7.87. The quantitative estimate of drug-likeness (QED) is 0.693. The first-order valence-corrected chi connectivity index (χ1v) is 9.51. The molecule has 3 aromatic rings. The Kier molecular flexibility index (Phi) is 5.13. The second-order valence-electron chi connectivity index (χ2n) is 7.23. The molecule has 3 aromatic carbocycles. The number of methoxy groups -OCH3 is 1. The zero-order valence-electron chi connectivity index (χ0n) is 15.9. The number of nitrogens with two attached hydrogens (primary N) is 1. The molecule has 0 unspecified atom stereocenters. The van der Waals surface area contributed by atoms with E-state index in [0.29, 0.717) is 17.4 Å². The maximum atomic E-state index is 11.4. The Morgan fingerprint density at radius 2 is 1.79 bits per heavy atom. The summed E-state index contributed by atoms with van der Waals surface area (Å²) in [7, 11) is 1.60. The van der Waals surface area contributed by atoms with E-state index >= 15 is 0 Å². The van der Waals surface area contributed by atoms with Crippen molar-refractivity contribution in [3.63, 3.8) is 0 Å². The number of rotatable bonds is 6. The molecule has 28 heavy (non-hydrogen) atoms. The molecule has 4 rings (SSSR count). The summed E-state index contributed by atoms with van der Waals surface area (Å²) in [6.45, 7) is 0.814. The molecule has 4 nitrogen and oxygen atoms in total. The lowest BCUT2D eigenvalue weighted by atomic mass is 10.00. The Labute approximate surface area is 165 Å². The highest BCUT2D eigenvalue weighted by Gasteiger charge is 2.20. The average Bonchev–Trinajstić information content (AvgIpc) is 3.15. The van der Waals surface area contributed by atoms with Crippen molar-refractivity contribution in [2.24, 2.45) is 5.73 Å². The predicted octanol–water partition coefficient (Wildman–Crippen LogP) is 3.72. The van der Waals surface area contributed by atoms with Crippen LogP contribution in [0.4, 0.5) is 0 Å². The van der Waals surface area contributed by atoms with Gasteiger partial charge in [-0.25, -0.2) is 0 Å². The molecule has 0 saturated heterocycles. The summed E-state index contributed by atoms with van der Waals surface area (Å²) in [5, 5.41) is 3.68. The van der Waals surface area contributed by atoms with Gasteiger partial charge in [-0.15, -0.1) is 0 Å². The Bertz CT molecular complexity index is 988. The molecule has 0 fully saturated rings. The fourth-order valence-corrected chi connectivity index (χ4v) is 3.90. The largest absolute Gasteiger partial charge is 0.496 e. The molecule has 3 N–H and O–H groups in total. The summed E-state index contributed by atoms with van der Waals surface area (Å²) < 4.78 is 5.48. The highest BCUT2D eigenvalue weighted by molar-refractivity contribution is 5.94. The van der Waals surface area contributed by atoms with Crippen molar-refractivity contribution in [2.45, 2.75) is 25.4 Å². The third kappa shape index (κ3) is 3.78. The molecular weight excluding hydrogens is 348 g/mol. The molecule has 0 heterocycles. The van der Waals surface area contributed by atoms with E-state index in [-0.39, 0.29) is 0 Å². The smallest absolute Gasteiger partial charge is 0.248 e. The zero-order valence-corrected chi connectivity index (χ0v) is 15.9. The van der Waals surface area contributed by atoms with Crippen LogP contribution < -0.4 is 15.8 Å². The fourth-order valence-electron chi connectivity index (χ4n) is 3.90. The molecular formula is C24H24N2O2. The molecule has 4 heteroatoms. The van der Waals surface area contributed by atoms with E-state index in [1.165, 1.54) is 16.7 Å². The number of primary amides is 1. The van der Waals surface area contributed by atoms with Crippen LogP contribution in [-0.4, -0.2) is 19.1 Å². The molecule has 0 bridgehead atoms. The van der Waals surface area contributed by atoms with Crippen LogP contribution in [0.25, 0.3) is 11.1 Å². The maximum Gasteiger partial charge on any atom is 0.248 e. The van der Waals surface area contributed by atoms with Crippen LogP contribution in [-0.2, 0) is 19.4 Å². The van der Waals surface area contributed by atoms with E-state index in [9.17, 15) is 4.79 Å². The molecule has 0 aromatic heterocycles. The summed E-state index contributed by atoms with van der Waals surface area (Å²) in [4.78, 5) is 11.4. The lowest BCUT2D eigenvalue weighted by molar-refractivity contribution is 0.1000. The summed E-state index contributed by atoms with van der Waals surface area (Å²) in [6, 6.07) is 22.9. The first-order valence-electron chi connectivity index (χ1n) is 9.51. The topological polar surface area (TPSA) is 64.3 Å². The molecule has 0 radical (unpaired) electrons. The van der Waals surface area contributed by atoms with Crippen molar-refractivity contribution in [1.29, 1.82) is 0 Å². The van der Waals surface area contributed by atoms with Crippen molar-refractivity contribution in [2.75, 3.05) is 7.11 Å². The van der Waals surface area contributed by atoms with Crippen LogP contribution in [0.15, 0.2) is 66.7 Å². The van der Waals surface area contributed by atoms with Gasteiger partial charge in [-0.3, -0.25) is 4.79 Å². The predicted molar refractivity (Wildman–Crippen MR) is 111 cm³/mol. The van der Waals surface area contributed by atoms with Gasteiger partial charge in [0.1, 0.15) is 5.75 Å². The Morgan fingerprint density at radius 1 is 1.04 bits per heavy atom. The van der Waals surface area contributed by atoms with Crippen molar-refractivity contribution in [1.82, 2.24) is 5.32 Å². The van der Waals surface area contributed by atoms with E-state index in [1.807, 2.05) is 6.07 Å². The number of fused-ring (bicyclic) bond motifs is 1. The van der Waals surface area contributed by atoms with E-state index in [4.69, 9.17) is 10.5 Å². The minimum Gasteiger partial charge on any atom is -0.496 e. The van der Waals surface area contributed by atoms with Crippen LogP contribution in [0.3, 0.4) is 0 Å².